The normalized spacial score (nSPS) is 23.7. The van der Waals surface area contributed by atoms with E-state index in [1.807, 2.05) is 0 Å². The van der Waals surface area contributed by atoms with Crippen LogP contribution in [-0.2, 0) is 11.8 Å². The number of aliphatic hydroxyl groups is 1. The highest BCUT2D eigenvalue weighted by atomic mass is 19.4. The van der Waals surface area contributed by atoms with Crippen LogP contribution in [0.3, 0.4) is 0 Å². The highest BCUT2D eigenvalue weighted by Gasteiger charge is 2.38. The number of halogens is 3. The molecule has 0 spiro atoms. The molecule has 7 heteroatoms. The van der Waals surface area contributed by atoms with Crippen LogP contribution in [0.25, 0.3) is 0 Å². The summed E-state index contributed by atoms with van der Waals surface area (Å²) in [6, 6.07) is 4.08. The molecule has 19 heavy (non-hydrogen) atoms. The number of hydrogen-bond acceptors (Lipinski definition) is 3. The van der Waals surface area contributed by atoms with Gasteiger partial charge in [-0.15, -0.1) is 0 Å². The Labute approximate surface area is 107 Å². The fraction of sp³-hybridized carbons (Fsp3) is 0.417. The van der Waals surface area contributed by atoms with Gasteiger partial charge in [0.2, 0.25) is 0 Å². The highest BCUT2D eigenvalue weighted by Crippen LogP contribution is 2.34. The maximum absolute atomic E-state index is 12.4. The first-order chi connectivity index (χ1) is 8.72. The average molecular weight is 274 g/mol. The highest BCUT2D eigenvalue weighted by molar-refractivity contribution is 5.63. The molecule has 0 bridgehead atoms. The zero-order valence-corrected chi connectivity index (χ0v) is 9.78. The van der Waals surface area contributed by atoms with Crippen LogP contribution in [-0.4, -0.2) is 29.2 Å². The molecular formula is C12H11F3NO3-. The van der Waals surface area contributed by atoms with E-state index in [1.165, 1.54) is 12.1 Å². The summed E-state index contributed by atoms with van der Waals surface area (Å²) in [5.74, 6) is 0. The van der Waals surface area contributed by atoms with Gasteiger partial charge in [-0.2, -0.15) is 13.2 Å². The van der Waals surface area contributed by atoms with Crippen molar-refractivity contribution in [1.29, 1.82) is 0 Å². The lowest BCUT2D eigenvalue weighted by Gasteiger charge is -2.25. The molecule has 1 N–H and O–H groups in total. The van der Waals surface area contributed by atoms with E-state index in [0.717, 1.165) is 17.0 Å². The van der Waals surface area contributed by atoms with Crippen LogP contribution < -0.4 is 5.11 Å². The topological polar surface area (TPSA) is 63.6 Å². The number of likely N-dealkylation sites (tertiary alicyclic amines) is 1. The van der Waals surface area contributed by atoms with Gasteiger partial charge in [-0.3, -0.25) is 0 Å². The van der Waals surface area contributed by atoms with Crippen molar-refractivity contribution in [3.8, 4) is 0 Å². The summed E-state index contributed by atoms with van der Waals surface area (Å²) >= 11 is 0. The van der Waals surface area contributed by atoms with Crippen molar-refractivity contribution in [2.45, 2.75) is 18.2 Å². The molecule has 1 atom stereocenters. The second-order valence-electron chi connectivity index (χ2n) is 4.54. The molecule has 0 radical (unpaired) electrons. The maximum atomic E-state index is 12.4. The summed E-state index contributed by atoms with van der Waals surface area (Å²) in [6.07, 6.45) is -5.71. The predicted octanol–water partition coefficient (Wildman–Crippen LogP) is 0.942. The fourth-order valence-electron chi connectivity index (χ4n) is 2.15. The Hall–Kier alpha value is -1.76. The number of alkyl halides is 3. The molecule has 1 aromatic carbocycles. The molecule has 1 saturated heterocycles. The van der Waals surface area contributed by atoms with E-state index in [9.17, 15) is 28.2 Å². The third-order valence-corrected chi connectivity index (χ3v) is 3.26. The van der Waals surface area contributed by atoms with Crippen molar-refractivity contribution in [1.82, 2.24) is 4.90 Å². The van der Waals surface area contributed by atoms with Crippen LogP contribution >= 0.6 is 0 Å². The summed E-state index contributed by atoms with van der Waals surface area (Å²) in [6.45, 7) is -0.0967. The minimum Gasteiger partial charge on any atom is -0.530 e. The SMILES string of the molecule is O=C([O-])N1CCC(O)(c2ccc(C(F)(F)F)cc2)C1. The largest absolute Gasteiger partial charge is 0.530 e. The van der Waals surface area contributed by atoms with Gasteiger partial charge in [0.1, 0.15) is 11.7 Å². The summed E-state index contributed by atoms with van der Waals surface area (Å²) < 4.78 is 37.2. The van der Waals surface area contributed by atoms with Crippen molar-refractivity contribution in [3.63, 3.8) is 0 Å². The van der Waals surface area contributed by atoms with Gasteiger partial charge >= 0.3 is 6.18 Å². The summed E-state index contributed by atoms with van der Waals surface area (Å²) in [5, 5.41) is 20.9. The van der Waals surface area contributed by atoms with E-state index in [1.54, 1.807) is 0 Å². The monoisotopic (exact) mass is 274 g/mol. The molecule has 1 aliphatic rings. The second kappa shape index (κ2) is 4.41. The lowest BCUT2D eigenvalue weighted by molar-refractivity contribution is -0.265. The first kappa shape index (κ1) is 13.7. The number of carbonyl (C=O) groups excluding carboxylic acids is 1. The van der Waals surface area contributed by atoms with Crippen LogP contribution in [0.4, 0.5) is 18.0 Å². The summed E-state index contributed by atoms with van der Waals surface area (Å²) in [7, 11) is 0. The smallest absolute Gasteiger partial charge is 0.416 e. The average Bonchev–Trinajstić information content (AvgIpc) is 2.73. The molecule has 0 aromatic heterocycles. The molecule has 2 rings (SSSR count). The molecule has 0 saturated carbocycles. The van der Waals surface area contributed by atoms with E-state index in [-0.39, 0.29) is 25.1 Å². The summed E-state index contributed by atoms with van der Waals surface area (Å²) in [5.41, 5.74) is -2.00. The summed E-state index contributed by atoms with van der Waals surface area (Å²) in [4.78, 5) is 11.6. The zero-order chi connectivity index (χ0) is 14.3. The molecule has 1 heterocycles. The predicted molar refractivity (Wildman–Crippen MR) is 56.9 cm³/mol. The number of nitrogens with zero attached hydrogens (tertiary/aromatic N) is 1. The van der Waals surface area contributed by atoms with Gasteiger partial charge in [-0.25, -0.2) is 0 Å². The number of carbonyl (C=O) groups is 1. The van der Waals surface area contributed by atoms with Crippen molar-refractivity contribution >= 4 is 6.09 Å². The van der Waals surface area contributed by atoms with Crippen LogP contribution in [0.1, 0.15) is 17.5 Å². The second-order valence-corrected chi connectivity index (χ2v) is 4.54. The Morgan fingerprint density at radius 2 is 1.89 bits per heavy atom. The van der Waals surface area contributed by atoms with Crippen LogP contribution in [0, 0.1) is 0 Å². The molecule has 1 fully saturated rings. The van der Waals surface area contributed by atoms with E-state index >= 15 is 0 Å². The minimum absolute atomic E-state index is 0.0971. The lowest BCUT2D eigenvalue weighted by atomic mass is 9.92. The van der Waals surface area contributed by atoms with E-state index < -0.39 is 23.4 Å². The third kappa shape index (κ3) is 2.65. The van der Waals surface area contributed by atoms with E-state index in [0.29, 0.717) is 0 Å². The van der Waals surface area contributed by atoms with Crippen LogP contribution in [0.15, 0.2) is 24.3 Å². The zero-order valence-electron chi connectivity index (χ0n) is 9.78. The lowest BCUT2D eigenvalue weighted by Crippen LogP contribution is -2.41. The van der Waals surface area contributed by atoms with Gasteiger partial charge in [0.25, 0.3) is 0 Å². The number of amides is 1. The molecule has 1 aliphatic heterocycles. The molecule has 1 aromatic rings. The third-order valence-electron chi connectivity index (χ3n) is 3.26. The number of β-amino-alcohol motifs (C(OH)–C–C–N with tert-alkyl or cyclic N) is 1. The number of carboxylic acid groups (broad SMARTS) is 1. The van der Waals surface area contributed by atoms with Gasteiger partial charge in [0.05, 0.1) is 12.1 Å². The van der Waals surface area contributed by atoms with E-state index in [4.69, 9.17) is 0 Å². The number of benzene rings is 1. The molecular weight excluding hydrogens is 263 g/mol. The van der Waals surface area contributed by atoms with Gasteiger partial charge in [-0.05, 0) is 24.1 Å². The van der Waals surface area contributed by atoms with Crippen molar-refractivity contribution < 1.29 is 28.2 Å². The Morgan fingerprint density at radius 3 is 2.32 bits per heavy atom. The van der Waals surface area contributed by atoms with Gasteiger partial charge in [-0.1, -0.05) is 12.1 Å². The molecule has 104 valence electrons. The van der Waals surface area contributed by atoms with Crippen LogP contribution in [0.2, 0.25) is 0 Å². The molecule has 1 unspecified atom stereocenters. The first-order valence-electron chi connectivity index (χ1n) is 5.58. The van der Waals surface area contributed by atoms with Crippen LogP contribution in [0.5, 0.6) is 0 Å². The Kier molecular flexibility index (Phi) is 3.17. The number of hydrogen-bond donors (Lipinski definition) is 1. The molecule has 1 amide bonds. The van der Waals surface area contributed by atoms with Crippen molar-refractivity contribution in [3.05, 3.63) is 35.4 Å². The van der Waals surface area contributed by atoms with Crippen molar-refractivity contribution in [2.24, 2.45) is 0 Å². The number of rotatable bonds is 1. The fourth-order valence-corrected chi connectivity index (χ4v) is 2.15. The van der Waals surface area contributed by atoms with E-state index in [2.05, 4.69) is 0 Å². The quantitative estimate of drug-likeness (QED) is 0.829. The first-order valence-corrected chi connectivity index (χ1v) is 5.58. The van der Waals surface area contributed by atoms with Gasteiger partial charge in [0, 0.05) is 6.54 Å². The Morgan fingerprint density at radius 1 is 1.32 bits per heavy atom. The molecule has 4 nitrogen and oxygen atoms in total. The minimum atomic E-state index is -4.44. The standard InChI is InChI=1S/C12H12F3NO3/c13-12(14,15)9-3-1-8(2-4-9)11(19)5-6-16(7-11)10(17)18/h1-4,19H,5-7H2,(H,17,18)/p-1. The molecule has 0 aliphatic carbocycles. The Bertz CT molecular complexity index is 486. The van der Waals surface area contributed by atoms with Crippen molar-refractivity contribution in [2.75, 3.05) is 13.1 Å². The van der Waals surface area contributed by atoms with Gasteiger partial charge < -0.3 is 19.9 Å². The maximum Gasteiger partial charge on any atom is 0.416 e. The van der Waals surface area contributed by atoms with Gasteiger partial charge in [0.15, 0.2) is 0 Å². The Balaban J connectivity index is 2.21.